The lowest BCUT2D eigenvalue weighted by atomic mass is 9.86. The van der Waals surface area contributed by atoms with Gasteiger partial charge in [0.15, 0.2) is 0 Å². The molecular formula is C14H17N5O2. The minimum Gasteiger partial charge on any atom is -0.481 e. The van der Waals surface area contributed by atoms with E-state index >= 15 is 0 Å². The molecule has 7 heteroatoms. The topological polar surface area (TPSA) is 92.9 Å². The van der Waals surface area contributed by atoms with Gasteiger partial charge >= 0.3 is 5.97 Å². The van der Waals surface area contributed by atoms with Crippen LogP contribution in [0.3, 0.4) is 0 Å². The third kappa shape index (κ3) is 3.18. The zero-order valence-corrected chi connectivity index (χ0v) is 11.5. The van der Waals surface area contributed by atoms with Crippen LogP contribution in [0.2, 0.25) is 0 Å². The van der Waals surface area contributed by atoms with Crippen LogP contribution in [0.1, 0.15) is 25.7 Å². The van der Waals surface area contributed by atoms with Crippen molar-refractivity contribution in [3.63, 3.8) is 0 Å². The fourth-order valence-electron chi connectivity index (χ4n) is 2.74. The number of carbonyl (C=O) groups is 1. The summed E-state index contributed by atoms with van der Waals surface area (Å²) in [5, 5.41) is 23.6. The number of anilines is 1. The lowest BCUT2D eigenvalue weighted by molar-refractivity contribution is -0.142. The molecule has 3 rings (SSSR count). The summed E-state index contributed by atoms with van der Waals surface area (Å²) in [4.78, 5) is 11.0. The van der Waals surface area contributed by atoms with Crippen LogP contribution < -0.4 is 5.32 Å². The molecule has 0 atom stereocenters. The Morgan fingerprint density at radius 3 is 2.76 bits per heavy atom. The maximum Gasteiger partial charge on any atom is 0.306 e. The number of nitrogens with one attached hydrogen (secondary N) is 1. The summed E-state index contributed by atoms with van der Waals surface area (Å²) in [5.74, 6) is -0.857. The van der Waals surface area contributed by atoms with Gasteiger partial charge in [-0.3, -0.25) is 4.79 Å². The number of nitrogens with zero attached hydrogens (tertiary/aromatic N) is 4. The first-order valence-corrected chi connectivity index (χ1v) is 7.05. The molecule has 0 aliphatic heterocycles. The number of aromatic nitrogens is 4. The molecule has 0 bridgehead atoms. The van der Waals surface area contributed by atoms with Gasteiger partial charge in [0.2, 0.25) is 0 Å². The summed E-state index contributed by atoms with van der Waals surface area (Å²) < 4.78 is 1.60. The van der Waals surface area contributed by atoms with E-state index in [0.29, 0.717) is 6.04 Å². The molecule has 1 saturated carbocycles. The van der Waals surface area contributed by atoms with E-state index in [9.17, 15) is 4.79 Å². The second-order valence-electron chi connectivity index (χ2n) is 5.34. The highest BCUT2D eigenvalue weighted by atomic mass is 16.4. The molecule has 0 radical (unpaired) electrons. The van der Waals surface area contributed by atoms with Crippen LogP contribution in [0.15, 0.2) is 30.6 Å². The van der Waals surface area contributed by atoms with Crippen molar-refractivity contribution in [2.24, 2.45) is 5.92 Å². The average Bonchev–Trinajstić information content (AvgIpc) is 3.02. The Morgan fingerprint density at radius 2 is 2.10 bits per heavy atom. The molecule has 0 spiro atoms. The first-order chi connectivity index (χ1) is 10.2. The summed E-state index contributed by atoms with van der Waals surface area (Å²) in [6.45, 7) is 0. The summed E-state index contributed by atoms with van der Waals surface area (Å²) in [6.07, 6.45) is 4.79. The van der Waals surface area contributed by atoms with Gasteiger partial charge < -0.3 is 10.4 Å². The van der Waals surface area contributed by atoms with Crippen LogP contribution >= 0.6 is 0 Å². The molecule has 1 aliphatic carbocycles. The second-order valence-corrected chi connectivity index (χ2v) is 5.34. The summed E-state index contributed by atoms with van der Waals surface area (Å²) >= 11 is 0. The van der Waals surface area contributed by atoms with Crippen molar-refractivity contribution in [3.05, 3.63) is 30.6 Å². The molecule has 0 amide bonds. The van der Waals surface area contributed by atoms with Gasteiger partial charge in [0.05, 0.1) is 11.6 Å². The second kappa shape index (κ2) is 5.90. The van der Waals surface area contributed by atoms with Gasteiger partial charge in [-0.15, -0.1) is 5.10 Å². The fourth-order valence-corrected chi connectivity index (χ4v) is 2.74. The van der Waals surface area contributed by atoms with Gasteiger partial charge in [0.25, 0.3) is 0 Å². The first-order valence-electron chi connectivity index (χ1n) is 7.05. The van der Waals surface area contributed by atoms with Crippen LogP contribution in [0.4, 0.5) is 5.69 Å². The molecule has 2 aromatic rings. The third-order valence-electron chi connectivity index (χ3n) is 3.91. The van der Waals surface area contributed by atoms with Crippen LogP contribution in [0.5, 0.6) is 0 Å². The smallest absolute Gasteiger partial charge is 0.306 e. The first kappa shape index (κ1) is 13.5. The van der Waals surface area contributed by atoms with E-state index in [1.807, 2.05) is 24.3 Å². The maximum absolute atomic E-state index is 11.0. The number of hydrogen-bond donors (Lipinski definition) is 2. The number of rotatable bonds is 4. The Labute approximate surface area is 122 Å². The number of carboxylic acids is 1. The Morgan fingerprint density at radius 1 is 1.29 bits per heavy atom. The lowest BCUT2D eigenvalue weighted by Gasteiger charge is -2.27. The minimum absolute atomic E-state index is 0.185. The van der Waals surface area contributed by atoms with Crippen LogP contribution in [-0.2, 0) is 4.79 Å². The number of benzene rings is 1. The highest BCUT2D eigenvalue weighted by molar-refractivity contribution is 5.70. The normalized spacial score (nSPS) is 21.9. The largest absolute Gasteiger partial charge is 0.481 e. The average molecular weight is 287 g/mol. The van der Waals surface area contributed by atoms with Crippen LogP contribution in [0, 0.1) is 5.92 Å². The van der Waals surface area contributed by atoms with E-state index in [-0.39, 0.29) is 5.92 Å². The highest BCUT2D eigenvalue weighted by Crippen LogP contribution is 2.27. The molecular weight excluding hydrogens is 270 g/mol. The Hall–Kier alpha value is -2.44. The van der Waals surface area contributed by atoms with E-state index in [0.717, 1.165) is 37.1 Å². The number of aliphatic carboxylic acids is 1. The molecule has 1 aliphatic rings. The minimum atomic E-state index is -0.672. The lowest BCUT2D eigenvalue weighted by Crippen LogP contribution is -2.29. The molecule has 1 heterocycles. The Kier molecular flexibility index (Phi) is 3.81. The van der Waals surface area contributed by atoms with Crippen molar-refractivity contribution in [2.45, 2.75) is 31.7 Å². The molecule has 21 heavy (non-hydrogen) atoms. The van der Waals surface area contributed by atoms with E-state index in [1.54, 1.807) is 11.0 Å². The molecule has 2 N–H and O–H groups in total. The van der Waals surface area contributed by atoms with Gasteiger partial charge in [0.1, 0.15) is 6.33 Å². The summed E-state index contributed by atoms with van der Waals surface area (Å²) in [7, 11) is 0. The van der Waals surface area contributed by atoms with E-state index in [1.165, 1.54) is 0 Å². The van der Waals surface area contributed by atoms with Crippen LogP contribution in [0.25, 0.3) is 5.69 Å². The zero-order chi connectivity index (χ0) is 14.7. The fraction of sp³-hybridized carbons (Fsp3) is 0.429. The molecule has 0 unspecified atom stereocenters. The summed E-state index contributed by atoms with van der Waals surface area (Å²) in [5.41, 5.74) is 1.89. The molecule has 0 saturated heterocycles. The zero-order valence-electron chi connectivity index (χ0n) is 11.5. The van der Waals surface area contributed by atoms with Crippen LogP contribution in [-0.4, -0.2) is 37.3 Å². The SMILES string of the molecule is O=C(O)C1CCC(Nc2cccc(-n3cnnn3)c2)CC1. The third-order valence-corrected chi connectivity index (χ3v) is 3.91. The predicted octanol–water partition coefficient (Wildman–Crippen LogP) is 1.72. The number of tetrazole rings is 1. The van der Waals surface area contributed by atoms with Crippen molar-refractivity contribution < 1.29 is 9.90 Å². The monoisotopic (exact) mass is 287 g/mol. The van der Waals surface area contributed by atoms with E-state index in [4.69, 9.17) is 5.11 Å². The molecule has 110 valence electrons. The molecule has 7 nitrogen and oxygen atoms in total. The maximum atomic E-state index is 11.0. The van der Waals surface area contributed by atoms with Crippen molar-refractivity contribution in [1.82, 2.24) is 20.2 Å². The molecule has 1 fully saturated rings. The Bertz CT molecular complexity index is 606. The van der Waals surface area contributed by atoms with Gasteiger partial charge in [-0.25, -0.2) is 4.68 Å². The van der Waals surface area contributed by atoms with Gasteiger partial charge in [-0.2, -0.15) is 0 Å². The summed E-state index contributed by atoms with van der Waals surface area (Å²) in [6, 6.07) is 8.19. The van der Waals surface area contributed by atoms with Crippen molar-refractivity contribution in [2.75, 3.05) is 5.32 Å². The van der Waals surface area contributed by atoms with Gasteiger partial charge in [-0.05, 0) is 54.3 Å². The number of hydrogen-bond acceptors (Lipinski definition) is 5. The van der Waals surface area contributed by atoms with Crippen molar-refractivity contribution in [1.29, 1.82) is 0 Å². The van der Waals surface area contributed by atoms with Gasteiger partial charge in [-0.1, -0.05) is 6.07 Å². The number of carboxylic acid groups (broad SMARTS) is 1. The van der Waals surface area contributed by atoms with Crippen molar-refractivity contribution in [3.8, 4) is 5.69 Å². The molecule has 1 aromatic carbocycles. The standard InChI is InChI=1S/C14H17N5O2/c20-14(21)10-4-6-11(7-5-10)16-12-2-1-3-13(8-12)19-9-15-17-18-19/h1-3,8-11,16H,4-7H2,(H,20,21). The Balaban J connectivity index is 1.64. The predicted molar refractivity (Wildman–Crippen MR) is 76.2 cm³/mol. The quantitative estimate of drug-likeness (QED) is 0.889. The van der Waals surface area contributed by atoms with Gasteiger partial charge in [0, 0.05) is 11.7 Å². The molecule has 1 aromatic heterocycles. The van der Waals surface area contributed by atoms with E-state index < -0.39 is 5.97 Å². The van der Waals surface area contributed by atoms with Crippen molar-refractivity contribution >= 4 is 11.7 Å². The highest BCUT2D eigenvalue weighted by Gasteiger charge is 2.25. The van der Waals surface area contributed by atoms with E-state index in [2.05, 4.69) is 20.8 Å².